The first kappa shape index (κ1) is 10.7. The Morgan fingerprint density at radius 1 is 1.73 bits per heavy atom. The molecule has 66 valence electrons. The third-order valence-corrected chi connectivity index (χ3v) is 1.31. The summed E-state index contributed by atoms with van der Waals surface area (Å²) in [4.78, 5) is 10.8. The highest BCUT2D eigenvalue weighted by Crippen LogP contribution is 1.91. The number of ether oxygens (including phenoxy) is 1. The lowest BCUT2D eigenvalue weighted by atomic mass is 10.4. The van der Waals surface area contributed by atoms with E-state index in [4.69, 9.17) is 16.3 Å². The zero-order chi connectivity index (χ0) is 8.69. The predicted molar refractivity (Wildman–Crippen MR) is 44.8 cm³/mol. The van der Waals surface area contributed by atoms with Gasteiger partial charge in [0.1, 0.15) is 5.38 Å². The van der Waals surface area contributed by atoms with Gasteiger partial charge < -0.3 is 10.1 Å². The van der Waals surface area contributed by atoms with Crippen molar-refractivity contribution in [3.05, 3.63) is 0 Å². The highest BCUT2D eigenvalue weighted by molar-refractivity contribution is 6.30. The Morgan fingerprint density at radius 2 is 2.36 bits per heavy atom. The number of hydrogen-bond donors (Lipinski definition) is 1. The molecule has 0 radical (unpaired) electrons. The number of hydrogen-bond acceptors (Lipinski definition) is 2. The molecule has 0 aliphatic heterocycles. The lowest BCUT2D eigenvalue weighted by Gasteiger charge is -2.05. The van der Waals surface area contributed by atoms with Crippen LogP contribution in [-0.4, -0.2) is 31.0 Å². The standard InChI is InChI=1S/C7H14ClNO2/c1-3-11-5-4-9-7(10)6(2)8/h6H,3-5H2,1-2H3,(H,9,10). The molecule has 0 aromatic carbocycles. The Kier molecular flexibility index (Phi) is 6.27. The van der Waals surface area contributed by atoms with Crippen molar-refractivity contribution >= 4 is 17.5 Å². The summed E-state index contributed by atoms with van der Waals surface area (Å²) >= 11 is 5.49. The summed E-state index contributed by atoms with van der Waals surface area (Å²) in [5.74, 6) is -0.147. The van der Waals surface area contributed by atoms with Crippen LogP contribution in [0.4, 0.5) is 0 Å². The molecule has 4 heteroatoms. The third kappa shape index (κ3) is 6.13. The summed E-state index contributed by atoms with van der Waals surface area (Å²) in [6, 6.07) is 0. The molecule has 0 heterocycles. The second-order valence-corrected chi connectivity index (χ2v) is 2.76. The summed E-state index contributed by atoms with van der Waals surface area (Å²) < 4.78 is 5.01. The monoisotopic (exact) mass is 179 g/mol. The normalized spacial score (nSPS) is 12.6. The van der Waals surface area contributed by atoms with Gasteiger partial charge in [-0.1, -0.05) is 0 Å². The van der Waals surface area contributed by atoms with Crippen molar-refractivity contribution in [1.29, 1.82) is 0 Å². The van der Waals surface area contributed by atoms with Crippen molar-refractivity contribution in [2.24, 2.45) is 0 Å². The molecule has 0 saturated carbocycles. The van der Waals surface area contributed by atoms with Crippen LogP contribution in [0.1, 0.15) is 13.8 Å². The molecule has 0 spiro atoms. The average Bonchev–Trinajstić information content (AvgIpc) is 1.97. The first-order chi connectivity index (χ1) is 5.18. The number of nitrogens with one attached hydrogen (secondary N) is 1. The van der Waals surface area contributed by atoms with Crippen molar-refractivity contribution in [2.45, 2.75) is 19.2 Å². The van der Waals surface area contributed by atoms with Crippen LogP contribution < -0.4 is 5.32 Å². The van der Waals surface area contributed by atoms with E-state index in [1.165, 1.54) is 0 Å². The van der Waals surface area contributed by atoms with Crippen LogP contribution in [0.3, 0.4) is 0 Å². The average molecular weight is 180 g/mol. The fourth-order valence-electron chi connectivity index (χ4n) is 0.531. The minimum Gasteiger partial charge on any atom is -0.380 e. The highest BCUT2D eigenvalue weighted by Gasteiger charge is 2.06. The van der Waals surface area contributed by atoms with Gasteiger partial charge in [-0.2, -0.15) is 0 Å². The molecule has 1 unspecified atom stereocenters. The van der Waals surface area contributed by atoms with Gasteiger partial charge in [-0.3, -0.25) is 4.79 Å². The van der Waals surface area contributed by atoms with Crippen molar-refractivity contribution in [3.8, 4) is 0 Å². The summed E-state index contributed by atoms with van der Waals surface area (Å²) in [5.41, 5.74) is 0. The van der Waals surface area contributed by atoms with Crippen molar-refractivity contribution in [2.75, 3.05) is 19.8 Å². The van der Waals surface area contributed by atoms with Gasteiger partial charge >= 0.3 is 0 Å². The SMILES string of the molecule is CCOCCNC(=O)C(C)Cl. The Balaban J connectivity index is 3.18. The van der Waals surface area contributed by atoms with Gasteiger partial charge in [-0.15, -0.1) is 11.6 Å². The second kappa shape index (κ2) is 6.43. The van der Waals surface area contributed by atoms with E-state index < -0.39 is 5.38 Å². The molecule has 0 saturated heterocycles. The molecular weight excluding hydrogens is 166 g/mol. The minimum atomic E-state index is -0.461. The van der Waals surface area contributed by atoms with E-state index in [-0.39, 0.29) is 5.91 Å². The van der Waals surface area contributed by atoms with E-state index >= 15 is 0 Å². The quantitative estimate of drug-likeness (QED) is 0.500. The topological polar surface area (TPSA) is 38.3 Å². The Labute approximate surface area is 72.1 Å². The maximum absolute atomic E-state index is 10.8. The van der Waals surface area contributed by atoms with Gasteiger partial charge in [0.05, 0.1) is 6.61 Å². The van der Waals surface area contributed by atoms with Gasteiger partial charge in [-0.25, -0.2) is 0 Å². The van der Waals surface area contributed by atoms with E-state index in [9.17, 15) is 4.79 Å². The lowest BCUT2D eigenvalue weighted by Crippen LogP contribution is -2.32. The molecule has 0 fully saturated rings. The summed E-state index contributed by atoms with van der Waals surface area (Å²) in [6.07, 6.45) is 0. The number of carbonyl (C=O) groups excluding carboxylic acids is 1. The van der Waals surface area contributed by atoms with Crippen molar-refractivity contribution < 1.29 is 9.53 Å². The third-order valence-electron chi connectivity index (χ3n) is 1.11. The second-order valence-electron chi connectivity index (χ2n) is 2.10. The molecule has 11 heavy (non-hydrogen) atoms. The van der Waals surface area contributed by atoms with Gasteiger partial charge in [-0.05, 0) is 13.8 Å². The number of rotatable bonds is 5. The molecule has 1 N–H and O–H groups in total. The maximum Gasteiger partial charge on any atom is 0.237 e. The zero-order valence-electron chi connectivity index (χ0n) is 6.89. The maximum atomic E-state index is 10.8. The van der Waals surface area contributed by atoms with Crippen LogP contribution in [0.15, 0.2) is 0 Å². The van der Waals surface area contributed by atoms with E-state index in [2.05, 4.69) is 5.32 Å². The first-order valence-electron chi connectivity index (χ1n) is 3.68. The van der Waals surface area contributed by atoms with Gasteiger partial charge in [0.25, 0.3) is 0 Å². The van der Waals surface area contributed by atoms with Crippen LogP contribution in [-0.2, 0) is 9.53 Å². The molecule has 1 amide bonds. The van der Waals surface area contributed by atoms with Crippen LogP contribution in [0.5, 0.6) is 0 Å². The molecule has 0 rings (SSSR count). The van der Waals surface area contributed by atoms with E-state index in [1.807, 2.05) is 6.92 Å². The molecule has 0 aliphatic rings. The molecule has 0 aromatic rings. The Hall–Kier alpha value is -0.280. The summed E-state index contributed by atoms with van der Waals surface area (Å²) in [7, 11) is 0. The van der Waals surface area contributed by atoms with Crippen molar-refractivity contribution in [1.82, 2.24) is 5.32 Å². The highest BCUT2D eigenvalue weighted by atomic mass is 35.5. The number of amides is 1. The largest absolute Gasteiger partial charge is 0.380 e. The first-order valence-corrected chi connectivity index (χ1v) is 4.11. The van der Waals surface area contributed by atoms with Crippen LogP contribution in [0, 0.1) is 0 Å². The Morgan fingerprint density at radius 3 is 2.82 bits per heavy atom. The molecule has 0 aliphatic carbocycles. The van der Waals surface area contributed by atoms with Crippen LogP contribution >= 0.6 is 11.6 Å². The van der Waals surface area contributed by atoms with E-state index in [0.717, 1.165) is 0 Å². The van der Waals surface area contributed by atoms with Gasteiger partial charge in [0.2, 0.25) is 5.91 Å². The molecule has 3 nitrogen and oxygen atoms in total. The smallest absolute Gasteiger partial charge is 0.237 e. The zero-order valence-corrected chi connectivity index (χ0v) is 7.65. The Bertz CT molecular complexity index is 117. The molecule has 1 atom stereocenters. The van der Waals surface area contributed by atoms with Gasteiger partial charge in [0, 0.05) is 13.2 Å². The minimum absolute atomic E-state index is 0.147. The number of halogens is 1. The summed E-state index contributed by atoms with van der Waals surface area (Å²) in [5, 5.41) is 2.16. The molecular formula is C7H14ClNO2. The molecule has 0 bridgehead atoms. The number of carbonyl (C=O) groups is 1. The van der Waals surface area contributed by atoms with Crippen molar-refractivity contribution in [3.63, 3.8) is 0 Å². The van der Waals surface area contributed by atoms with Crippen LogP contribution in [0.25, 0.3) is 0 Å². The van der Waals surface area contributed by atoms with Gasteiger partial charge in [0.15, 0.2) is 0 Å². The van der Waals surface area contributed by atoms with Crippen LogP contribution in [0.2, 0.25) is 0 Å². The fraction of sp³-hybridized carbons (Fsp3) is 0.857. The fourth-order valence-corrected chi connectivity index (χ4v) is 0.609. The summed E-state index contributed by atoms with van der Waals surface area (Å²) in [6.45, 7) is 5.30. The lowest BCUT2D eigenvalue weighted by molar-refractivity contribution is -0.120. The molecule has 0 aromatic heterocycles. The van der Waals surface area contributed by atoms with E-state index in [1.54, 1.807) is 6.92 Å². The van der Waals surface area contributed by atoms with E-state index in [0.29, 0.717) is 19.8 Å². The number of alkyl halides is 1. The predicted octanol–water partition coefficient (Wildman–Crippen LogP) is 0.766.